The Labute approximate surface area is 154 Å². The molecule has 2 bridgehead atoms. The van der Waals surface area contributed by atoms with E-state index in [1.807, 2.05) is 0 Å². The van der Waals surface area contributed by atoms with E-state index in [0.29, 0.717) is 16.5 Å². The summed E-state index contributed by atoms with van der Waals surface area (Å²) in [5.74, 6) is 1.15. The van der Waals surface area contributed by atoms with Crippen molar-refractivity contribution in [3.8, 4) is 0 Å². The van der Waals surface area contributed by atoms with Crippen LogP contribution in [0.3, 0.4) is 0 Å². The quantitative estimate of drug-likeness (QED) is 0.614. The third-order valence-corrected chi connectivity index (χ3v) is 10.5. The first kappa shape index (κ1) is 20.0. The number of ketones is 1. The van der Waals surface area contributed by atoms with Crippen LogP contribution in [0.1, 0.15) is 80.1 Å². The SMILES string of the molecule is CCC[C@H](NC(C)=O)[C@@H](CCC)[Se][C@@H]1C(=O)[C@]2(C)CC[C@H]1C2(C)C. The second-order valence-electron chi connectivity index (χ2n) is 8.54. The summed E-state index contributed by atoms with van der Waals surface area (Å²) in [7, 11) is 0. The van der Waals surface area contributed by atoms with E-state index in [9.17, 15) is 9.59 Å². The van der Waals surface area contributed by atoms with Crippen LogP contribution < -0.4 is 5.32 Å². The molecule has 4 heteroatoms. The van der Waals surface area contributed by atoms with Gasteiger partial charge in [-0.3, -0.25) is 0 Å². The fraction of sp³-hybridized carbons (Fsp3) is 0.900. The zero-order chi connectivity index (χ0) is 18.1. The van der Waals surface area contributed by atoms with E-state index >= 15 is 0 Å². The molecular formula is C20H35NO2Se. The summed E-state index contributed by atoms with van der Waals surface area (Å²) in [6.45, 7) is 12.8. The third kappa shape index (κ3) is 3.33. The average molecular weight is 400 g/mol. The molecule has 0 aromatic rings. The van der Waals surface area contributed by atoms with Crippen molar-refractivity contribution in [1.29, 1.82) is 0 Å². The van der Waals surface area contributed by atoms with Crippen molar-refractivity contribution in [2.75, 3.05) is 0 Å². The van der Waals surface area contributed by atoms with Gasteiger partial charge in [0, 0.05) is 0 Å². The van der Waals surface area contributed by atoms with Gasteiger partial charge < -0.3 is 0 Å². The van der Waals surface area contributed by atoms with Gasteiger partial charge in [0.1, 0.15) is 0 Å². The molecule has 1 amide bonds. The molecule has 0 spiro atoms. The van der Waals surface area contributed by atoms with Gasteiger partial charge >= 0.3 is 154 Å². The molecule has 0 aliphatic heterocycles. The Hall–Kier alpha value is -0.341. The van der Waals surface area contributed by atoms with E-state index in [2.05, 4.69) is 39.9 Å². The van der Waals surface area contributed by atoms with Crippen LogP contribution in [-0.4, -0.2) is 32.7 Å². The predicted octanol–water partition coefficient (Wildman–Crippen LogP) is 4.40. The molecule has 24 heavy (non-hydrogen) atoms. The Morgan fingerprint density at radius 2 is 1.88 bits per heavy atom. The summed E-state index contributed by atoms with van der Waals surface area (Å²) < 4.78 is 0. The molecule has 0 unspecified atom stereocenters. The van der Waals surface area contributed by atoms with Gasteiger partial charge in [0.25, 0.3) is 0 Å². The number of hydrogen-bond acceptors (Lipinski definition) is 2. The van der Waals surface area contributed by atoms with E-state index in [0.717, 1.165) is 32.1 Å². The van der Waals surface area contributed by atoms with Crippen LogP contribution in [0.25, 0.3) is 0 Å². The summed E-state index contributed by atoms with van der Waals surface area (Å²) in [6, 6.07) is 0.246. The van der Waals surface area contributed by atoms with E-state index < -0.39 is 0 Å². The normalized spacial score (nSPS) is 33.5. The van der Waals surface area contributed by atoms with E-state index in [-0.39, 0.29) is 42.6 Å². The van der Waals surface area contributed by atoms with E-state index in [1.165, 1.54) is 6.42 Å². The van der Waals surface area contributed by atoms with Crippen LogP contribution in [-0.2, 0) is 9.59 Å². The molecule has 0 aromatic carbocycles. The van der Waals surface area contributed by atoms with Crippen LogP contribution in [0.4, 0.5) is 0 Å². The molecule has 0 aromatic heterocycles. The number of nitrogens with one attached hydrogen (secondary N) is 1. The molecule has 0 radical (unpaired) electrons. The van der Waals surface area contributed by atoms with Gasteiger partial charge in [-0.1, -0.05) is 0 Å². The van der Waals surface area contributed by atoms with Crippen LogP contribution >= 0.6 is 0 Å². The number of carbonyl (C=O) groups excluding carboxylic acids is 2. The van der Waals surface area contributed by atoms with Crippen LogP contribution in [0.5, 0.6) is 0 Å². The Morgan fingerprint density at radius 1 is 1.25 bits per heavy atom. The fourth-order valence-corrected chi connectivity index (χ4v) is 9.52. The number of hydrogen-bond donors (Lipinski definition) is 1. The summed E-state index contributed by atoms with van der Waals surface area (Å²) in [4.78, 5) is 25.6. The zero-order valence-electron chi connectivity index (χ0n) is 16.3. The van der Waals surface area contributed by atoms with Crippen molar-refractivity contribution in [3.63, 3.8) is 0 Å². The van der Waals surface area contributed by atoms with Crippen molar-refractivity contribution in [2.45, 2.75) is 95.7 Å². The summed E-state index contributed by atoms with van der Waals surface area (Å²) in [6.07, 6.45) is 6.62. The number of rotatable bonds is 8. The zero-order valence-corrected chi connectivity index (χ0v) is 18.0. The number of carbonyl (C=O) groups is 2. The summed E-state index contributed by atoms with van der Waals surface area (Å²) >= 11 is 0.273. The minimum absolute atomic E-state index is 0.0666. The maximum atomic E-state index is 13.2. The van der Waals surface area contributed by atoms with Gasteiger partial charge in [-0.15, -0.1) is 0 Å². The maximum absolute atomic E-state index is 13.2. The first-order valence-electron chi connectivity index (χ1n) is 9.65. The Balaban J connectivity index is 2.18. The first-order chi connectivity index (χ1) is 11.2. The molecule has 2 rings (SSSR count). The molecule has 2 saturated carbocycles. The number of fused-ring (bicyclic) bond motifs is 2. The van der Waals surface area contributed by atoms with Gasteiger partial charge in [-0.2, -0.15) is 0 Å². The minimum atomic E-state index is -0.116. The molecule has 5 atom stereocenters. The van der Waals surface area contributed by atoms with Crippen molar-refractivity contribution in [2.24, 2.45) is 16.7 Å². The van der Waals surface area contributed by atoms with Crippen molar-refractivity contribution in [1.82, 2.24) is 5.32 Å². The van der Waals surface area contributed by atoms with Crippen LogP contribution in [0.2, 0.25) is 9.63 Å². The van der Waals surface area contributed by atoms with Crippen molar-refractivity contribution in [3.05, 3.63) is 0 Å². The summed E-state index contributed by atoms with van der Waals surface area (Å²) in [5, 5.41) is 3.19. The molecule has 2 fully saturated rings. The Bertz CT molecular complexity index is 490. The van der Waals surface area contributed by atoms with Gasteiger partial charge in [-0.05, 0) is 0 Å². The molecular weight excluding hydrogens is 365 g/mol. The van der Waals surface area contributed by atoms with Crippen LogP contribution in [0, 0.1) is 16.7 Å². The predicted molar refractivity (Wildman–Crippen MR) is 100 cm³/mol. The standard InChI is InChI=1S/C20H35NO2Se/c1-7-9-15(21-13(3)22)16(10-8-2)24-17-14-11-12-20(6,18(17)23)19(14,4)5/h14-17H,7-12H2,1-6H3,(H,21,22)/t14-,15+,16-,17+,20+/m1/s1. The Kier molecular flexibility index (Phi) is 6.24. The van der Waals surface area contributed by atoms with Gasteiger partial charge in [0.15, 0.2) is 0 Å². The fourth-order valence-electron chi connectivity index (χ4n) is 4.92. The molecule has 2 aliphatic rings. The third-order valence-electron chi connectivity index (χ3n) is 6.80. The molecule has 0 saturated heterocycles. The Morgan fingerprint density at radius 3 is 2.33 bits per heavy atom. The molecule has 0 heterocycles. The number of Topliss-reactive ketones (excluding diaryl/α,β-unsaturated/α-hetero) is 1. The van der Waals surface area contributed by atoms with E-state index in [4.69, 9.17) is 0 Å². The average Bonchev–Trinajstić information content (AvgIpc) is 2.80. The topological polar surface area (TPSA) is 46.2 Å². The second-order valence-corrected chi connectivity index (χ2v) is 11.4. The molecule has 1 N–H and O–H groups in total. The second kappa shape index (κ2) is 7.50. The van der Waals surface area contributed by atoms with Gasteiger partial charge in [0.2, 0.25) is 0 Å². The molecule has 138 valence electrons. The molecule has 3 nitrogen and oxygen atoms in total. The van der Waals surface area contributed by atoms with Gasteiger partial charge in [0.05, 0.1) is 0 Å². The molecule has 2 aliphatic carbocycles. The van der Waals surface area contributed by atoms with E-state index in [1.54, 1.807) is 6.92 Å². The monoisotopic (exact) mass is 401 g/mol. The van der Waals surface area contributed by atoms with Crippen molar-refractivity contribution >= 4 is 26.6 Å². The van der Waals surface area contributed by atoms with Crippen molar-refractivity contribution < 1.29 is 9.59 Å². The first-order valence-corrected chi connectivity index (χ1v) is 11.6. The van der Waals surface area contributed by atoms with Gasteiger partial charge in [-0.25, -0.2) is 0 Å². The summed E-state index contributed by atoms with van der Waals surface area (Å²) in [5.41, 5.74) is 0.0244. The van der Waals surface area contributed by atoms with Crippen LogP contribution in [0.15, 0.2) is 0 Å². The number of amides is 1.